The largest absolute Gasteiger partial charge is 0.0696 e. The number of hydrogen-bond acceptors (Lipinski definition) is 0. The molecule has 5 aromatic carbocycles. The van der Waals surface area contributed by atoms with Crippen molar-refractivity contribution in [1.29, 1.82) is 0 Å². The van der Waals surface area contributed by atoms with Gasteiger partial charge < -0.3 is 0 Å². The van der Waals surface area contributed by atoms with Crippen LogP contribution in [-0.2, 0) is 0 Å². The highest BCUT2D eigenvalue weighted by atomic mass is 14.2. The maximum Gasteiger partial charge on any atom is 0.0333 e. The normalized spacial score (nSPS) is 10.9. The second-order valence-corrected chi connectivity index (χ2v) is 6.86. The van der Waals surface area contributed by atoms with Crippen molar-refractivity contribution in [2.75, 3.05) is 0 Å². The van der Waals surface area contributed by atoms with Gasteiger partial charge in [-0.05, 0) is 57.3 Å². The Labute approximate surface area is 159 Å². The highest BCUT2D eigenvalue weighted by molar-refractivity contribution is 6.21. The van der Waals surface area contributed by atoms with Crippen LogP contribution in [0.4, 0.5) is 0 Å². The Morgan fingerprint density at radius 1 is 0.556 bits per heavy atom. The number of fused-ring (bicyclic) bond motifs is 2. The van der Waals surface area contributed by atoms with Crippen molar-refractivity contribution >= 4 is 21.5 Å². The summed E-state index contributed by atoms with van der Waals surface area (Å²) in [6, 6.07) is 38.5. The molecule has 0 nitrogen and oxygen atoms in total. The SMILES string of the molecule is Cc1ccccc1-c1c2ccccc2c(-c2c#cccc2)c2ccccc12. The average molecular weight is 342 g/mol. The highest BCUT2D eigenvalue weighted by Gasteiger charge is 2.16. The molecule has 0 unspecified atom stereocenters. The van der Waals surface area contributed by atoms with E-state index in [2.05, 4.69) is 97.9 Å². The van der Waals surface area contributed by atoms with Crippen molar-refractivity contribution in [1.82, 2.24) is 0 Å². The minimum atomic E-state index is 1.08. The van der Waals surface area contributed by atoms with Crippen molar-refractivity contribution in [3.05, 3.63) is 109 Å². The molecule has 0 bridgehead atoms. The molecule has 0 fully saturated rings. The number of hydrogen-bond donors (Lipinski definition) is 0. The molecule has 0 heteroatoms. The lowest BCUT2D eigenvalue weighted by molar-refractivity contribution is 1.47. The van der Waals surface area contributed by atoms with E-state index in [1.165, 1.54) is 43.8 Å². The minimum Gasteiger partial charge on any atom is -0.0696 e. The predicted octanol–water partition coefficient (Wildman–Crippen LogP) is 7.24. The zero-order valence-electron chi connectivity index (χ0n) is 15.2. The zero-order valence-corrected chi connectivity index (χ0v) is 15.2. The van der Waals surface area contributed by atoms with E-state index in [4.69, 9.17) is 0 Å². The fourth-order valence-electron chi connectivity index (χ4n) is 4.06. The number of benzene rings is 4. The third-order valence-corrected chi connectivity index (χ3v) is 5.26. The Balaban J connectivity index is 2.03. The molecule has 0 aromatic heterocycles. The summed E-state index contributed by atoms with van der Waals surface area (Å²) < 4.78 is 0. The van der Waals surface area contributed by atoms with Gasteiger partial charge in [-0.1, -0.05) is 91.0 Å². The van der Waals surface area contributed by atoms with Gasteiger partial charge in [0, 0.05) is 11.1 Å². The Kier molecular flexibility index (Phi) is 3.66. The van der Waals surface area contributed by atoms with E-state index < -0.39 is 0 Å². The van der Waals surface area contributed by atoms with Gasteiger partial charge in [0.15, 0.2) is 0 Å². The van der Waals surface area contributed by atoms with Crippen LogP contribution < -0.4 is 0 Å². The minimum absolute atomic E-state index is 1.08. The van der Waals surface area contributed by atoms with Crippen LogP contribution >= 0.6 is 0 Å². The summed E-state index contributed by atoms with van der Waals surface area (Å²) in [5, 5.41) is 5.06. The van der Waals surface area contributed by atoms with E-state index in [0.717, 1.165) is 5.56 Å². The Morgan fingerprint density at radius 3 is 1.67 bits per heavy atom. The first-order valence-electron chi connectivity index (χ1n) is 9.23. The Morgan fingerprint density at radius 2 is 1.11 bits per heavy atom. The van der Waals surface area contributed by atoms with E-state index >= 15 is 0 Å². The monoisotopic (exact) mass is 342 g/mol. The summed E-state index contributed by atoms with van der Waals surface area (Å²) >= 11 is 0. The van der Waals surface area contributed by atoms with Gasteiger partial charge >= 0.3 is 0 Å². The van der Waals surface area contributed by atoms with Gasteiger partial charge in [0.1, 0.15) is 0 Å². The van der Waals surface area contributed by atoms with Crippen LogP contribution in [0.5, 0.6) is 0 Å². The molecule has 0 amide bonds. The van der Waals surface area contributed by atoms with Gasteiger partial charge in [-0.25, -0.2) is 0 Å². The van der Waals surface area contributed by atoms with Crippen LogP contribution in [0.3, 0.4) is 0 Å². The maximum atomic E-state index is 3.31. The average Bonchev–Trinajstić information content (AvgIpc) is 2.73. The second kappa shape index (κ2) is 6.31. The van der Waals surface area contributed by atoms with Crippen LogP contribution in [-0.4, -0.2) is 0 Å². The summed E-state index contributed by atoms with van der Waals surface area (Å²) in [5.74, 6) is 0. The first-order chi connectivity index (χ1) is 13.3. The molecule has 5 rings (SSSR count). The molecule has 126 valence electrons. The summed E-state index contributed by atoms with van der Waals surface area (Å²) in [7, 11) is 0. The fraction of sp³-hybridized carbons (Fsp3) is 0.0370. The van der Waals surface area contributed by atoms with Gasteiger partial charge in [-0.2, -0.15) is 0 Å². The lowest BCUT2D eigenvalue weighted by atomic mass is 9.85. The summed E-state index contributed by atoms with van der Waals surface area (Å²) in [5.41, 5.74) is 6.21. The standard InChI is InChI=1S/C27H18/c1-19-11-5-6-14-21(19)27-24-17-9-7-15-22(24)26(20-12-3-2-4-13-20)23-16-8-10-18-25(23)27/h2-3,5-12,14-18H,1H3. The first-order valence-corrected chi connectivity index (χ1v) is 9.23. The zero-order chi connectivity index (χ0) is 18.2. The third-order valence-electron chi connectivity index (χ3n) is 5.26. The molecule has 0 radical (unpaired) electrons. The molecule has 0 spiro atoms. The number of aryl methyl sites for hydroxylation is 1. The Bertz CT molecular complexity index is 1210. The van der Waals surface area contributed by atoms with Crippen molar-refractivity contribution in [3.63, 3.8) is 0 Å². The van der Waals surface area contributed by atoms with Gasteiger partial charge in [-0.15, -0.1) is 0 Å². The molecule has 0 N–H and O–H groups in total. The summed E-state index contributed by atoms with van der Waals surface area (Å²) in [6.45, 7) is 2.19. The summed E-state index contributed by atoms with van der Waals surface area (Å²) in [6.07, 6.45) is 0. The maximum absolute atomic E-state index is 3.31. The van der Waals surface area contributed by atoms with Crippen LogP contribution in [0.1, 0.15) is 5.56 Å². The third kappa shape index (κ3) is 2.48. The molecule has 27 heavy (non-hydrogen) atoms. The van der Waals surface area contributed by atoms with E-state index in [-0.39, 0.29) is 0 Å². The van der Waals surface area contributed by atoms with Crippen molar-refractivity contribution in [2.24, 2.45) is 0 Å². The topological polar surface area (TPSA) is 0 Å². The molecular formula is C27H18. The van der Waals surface area contributed by atoms with E-state index in [9.17, 15) is 0 Å². The molecule has 0 aliphatic carbocycles. The first kappa shape index (κ1) is 15.7. The molecule has 0 saturated heterocycles. The van der Waals surface area contributed by atoms with Crippen molar-refractivity contribution < 1.29 is 0 Å². The lowest BCUT2D eigenvalue weighted by Gasteiger charge is -2.18. The quantitative estimate of drug-likeness (QED) is 0.297. The second-order valence-electron chi connectivity index (χ2n) is 6.86. The van der Waals surface area contributed by atoms with Gasteiger partial charge in [0.05, 0.1) is 0 Å². The predicted molar refractivity (Wildman–Crippen MR) is 115 cm³/mol. The molecule has 0 heterocycles. The Hall–Kier alpha value is -3.56. The molecular weight excluding hydrogens is 324 g/mol. The van der Waals surface area contributed by atoms with Crippen molar-refractivity contribution in [3.8, 4) is 22.3 Å². The van der Waals surface area contributed by atoms with Crippen molar-refractivity contribution in [2.45, 2.75) is 6.92 Å². The van der Waals surface area contributed by atoms with E-state index in [0.29, 0.717) is 0 Å². The van der Waals surface area contributed by atoms with E-state index in [1.54, 1.807) is 0 Å². The molecule has 0 atom stereocenters. The van der Waals surface area contributed by atoms with Crippen LogP contribution in [0.25, 0.3) is 43.8 Å². The molecule has 5 aromatic rings. The molecule has 0 aliphatic heterocycles. The smallest absolute Gasteiger partial charge is 0.0333 e. The van der Waals surface area contributed by atoms with Crippen LogP contribution in [0.2, 0.25) is 0 Å². The molecule has 0 aliphatic rings. The fourth-order valence-corrected chi connectivity index (χ4v) is 4.06. The van der Waals surface area contributed by atoms with Crippen LogP contribution in [0.15, 0.2) is 91.0 Å². The van der Waals surface area contributed by atoms with Gasteiger partial charge in [-0.3, -0.25) is 0 Å². The lowest BCUT2D eigenvalue weighted by Crippen LogP contribution is -1.91. The summed E-state index contributed by atoms with van der Waals surface area (Å²) in [4.78, 5) is 0. The van der Waals surface area contributed by atoms with E-state index in [1.807, 2.05) is 12.1 Å². The number of rotatable bonds is 2. The highest BCUT2D eigenvalue weighted by Crippen LogP contribution is 2.43. The van der Waals surface area contributed by atoms with Gasteiger partial charge in [0.25, 0.3) is 0 Å². The molecule has 0 saturated carbocycles. The van der Waals surface area contributed by atoms with Gasteiger partial charge in [0.2, 0.25) is 0 Å². The van der Waals surface area contributed by atoms with Crippen LogP contribution in [0, 0.1) is 19.1 Å².